The second-order valence-electron chi connectivity index (χ2n) is 3.27. The van der Waals surface area contributed by atoms with Gasteiger partial charge in [-0.3, -0.25) is 0 Å². The number of hydrogen-bond donors (Lipinski definition) is 0. The van der Waals surface area contributed by atoms with Crippen LogP contribution in [0.25, 0.3) is 12.2 Å². The minimum absolute atomic E-state index is 1.23. The molecule has 0 unspecified atom stereocenters. The number of benzene rings is 2. The molecule has 0 saturated carbocycles. The molecule has 74 valence electrons. The maximum absolute atomic E-state index is 2.35. The van der Waals surface area contributed by atoms with Gasteiger partial charge in [-0.1, -0.05) is 60.7 Å². The van der Waals surface area contributed by atoms with E-state index in [0.29, 0.717) is 0 Å². The average Bonchev–Trinajstić information content (AvgIpc) is 2.29. The van der Waals surface area contributed by atoms with Crippen LogP contribution in [0.3, 0.4) is 0 Å². The van der Waals surface area contributed by atoms with Crippen LogP contribution in [0, 0.1) is 3.57 Å². The van der Waals surface area contributed by atoms with Gasteiger partial charge in [0.2, 0.25) is 0 Å². The van der Waals surface area contributed by atoms with E-state index in [1.54, 1.807) is 0 Å². The Labute approximate surface area is 104 Å². The highest BCUT2D eigenvalue weighted by atomic mass is 127. The molecule has 0 fully saturated rings. The highest BCUT2D eigenvalue weighted by molar-refractivity contribution is 14.1. The third-order valence-electron chi connectivity index (χ3n) is 2.16. The summed E-state index contributed by atoms with van der Waals surface area (Å²) in [5.74, 6) is 0. The molecule has 2 aromatic carbocycles. The lowest BCUT2D eigenvalue weighted by molar-refractivity contribution is 1.60. The maximum Gasteiger partial charge on any atom is 0.0202 e. The van der Waals surface area contributed by atoms with E-state index in [1.807, 2.05) is 6.07 Å². The zero-order valence-corrected chi connectivity index (χ0v) is 10.4. The summed E-state index contributed by atoms with van der Waals surface area (Å²) in [6.07, 6.45) is 4.29. The van der Waals surface area contributed by atoms with Gasteiger partial charge in [-0.2, -0.15) is 0 Å². The van der Waals surface area contributed by atoms with Crippen molar-refractivity contribution in [3.8, 4) is 0 Å². The van der Waals surface area contributed by atoms with Crippen LogP contribution in [-0.2, 0) is 0 Å². The third-order valence-corrected chi connectivity index (χ3v) is 3.14. The molecule has 0 N–H and O–H groups in total. The summed E-state index contributed by atoms with van der Waals surface area (Å²) in [7, 11) is 0. The molecule has 0 bridgehead atoms. The van der Waals surface area contributed by atoms with Crippen LogP contribution in [-0.4, -0.2) is 0 Å². The van der Waals surface area contributed by atoms with Gasteiger partial charge in [0, 0.05) is 3.57 Å². The molecule has 0 heterocycles. The van der Waals surface area contributed by atoms with Gasteiger partial charge in [0.15, 0.2) is 0 Å². The van der Waals surface area contributed by atoms with E-state index in [0.717, 1.165) is 0 Å². The van der Waals surface area contributed by atoms with Crippen LogP contribution >= 0.6 is 22.6 Å². The van der Waals surface area contributed by atoms with Gasteiger partial charge < -0.3 is 0 Å². The Kier molecular flexibility index (Phi) is 3.56. The van der Waals surface area contributed by atoms with Crippen LogP contribution in [0.2, 0.25) is 0 Å². The van der Waals surface area contributed by atoms with Gasteiger partial charge >= 0.3 is 0 Å². The first-order valence-corrected chi connectivity index (χ1v) is 5.92. The molecule has 1 heteroatoms. The van der Waals surface area contributed by atoms with Gasteiger partial charge in [-0.25, -0.2) is 0 Å². The molecule has 0 nitrogen and oxygen atoms in total. The second kappa shape index (κ2) is 5.12. The third kappa shape index (κ3) is 2.93. The molecule has 0 aliphatic carbocycles. The summed E-state index contributed by atoms with van der Waals surface area (Å²) in [5.41, 5.74) is 2.50. The quantitative estimate of drug-likeness (QED) is 0.567. The van der Waals surface area contributed by atoms with Crippen molar-refractivity contribution >= 4 is 34.7 Å². The van der Waals surface area contributed by atoms with Crippen molar-refractivity contribution in [3.05, 3.63) is 69.3 Å². The molecule has 0 amide bonds. The molecule has 15 heavy (non-hydrogen) atoms. The summed E-state index contributed by atoms with van der Waals surface area (Å²) in [4.78, 5) is 0. The van der Waals surface area contributed by atoms with Crippen LogP contribution in [0.1, 0.15) is 11.1 Å². The number of rotatable bonds is 2. The van der Waals surface area contributed by atoms with Crippen molar-refractivity contribution in [3.63, 3.8) is 0 Å². The summed E-state index contributed by atoms with van der Waals surface area (Å²) in [6, 6.07) is 18.7. The second-order valence-corrected chi connectivity index (χ2v) is 4.43. The van der Waals surface area contributed by atoms with Gasteiger partial charge in [-0.05, 0) is 39.8 Å². The van der Waals surface area contributed by atoms with E-state index < -0.39 is 0 Å². The lowest BCUT2D eigenvalue weighted by atomic mass is 10.1. The first kappa shape index (κ1) is 10.4. The standard InChI is InChI=1S/C14H11I/c15-14-9-5-4-8-13(14)11-10-12-6-2-1-3-7-12/h1-11H. The molecule has 2 rings (SSSR count). The Morgan fingerprint density at radius 1 is 0.733 bits per heavy atom. The predicted octanol–water partition coefficient (Wildman–Crippen LogP) is 4.46. The topological polar surface area (TPSA) is 0 Å². The van der Waals surface area contributed by atoms with E-state index >= 15 is 0 Å². The van der Waals surface area contributed by atoms with Crippen molar-refractivity contribution in [2.45, 2.75) is 0 Å². The summed E-state index contributed by atoms with van der Waals surface area (Å²) in [5, 5.41) is 0. The van der Waals surface area contributed by atoms with Gasteiger partial charge in [-0.15, -0.1) is 0 Å². The number of halogens is 1. The summed E-state index contributed by atoms with van der Waals surface area (Å²) in [6.45, 7) is 0. The molecule has 0 aliphatic rings. The molecule has 0 saturated heterocycles. The minimum atomic E-state index is 1.23. The molecule has 0 aromatic heterocycles. The van der Waals surface area contributed by atoms with Crippen molar-refractivity contribution in [1.29, 1.82) is 0 Å². The van der Waals surface area contributed by atoms with Crippen LogP contribution < -0.4 is 0 Å². The fourth-order valence-corrected chi connectivity index (χ4v) is 1.93. The Morgan fingerprint density at radius 3 is 2.13 bits per heavy atom. The fourth-order valence-electron chi connectivity index (χ4n) is 1.36. The number of hydrogen-bond acceptors (Lipinski definition) is 0. The highest BCUT2D eigenvalue weighted by Gasteiger charge is 1.92. The maximum atomic E-state index is 2.35. The van der Waals surface area contributed by atoms with Crippen LogP contribution in [0.4, 0.5) is 0 Å². The van der Waals surface area contributed by atoms with Crippen LogP contribution in [0.5, 0.6) is 0 Å². The Balaban J connectivity index is 2.23. The highest BCUT2D eigenvalue weighted by Crippen LogP contribution is 2.14. The fraction of sp³-hybridized carbons (Fsp3) is 0. The SMILES string of the molecule is Ic1ccccc1C=Cc1ccccc1. The molecule has 0 atom stereocenters. The molecule has 0 aliphatic heterocycles. The normalized spacial score (nSPS) is 10.7. The van der Waals surface area contributed by atoms with E-state index in [-0.39, 0.29) is 0 Å². The first-order valence-electron chi connectivity index (χ1n) is 4.84. The molecular weight excluding hydrogens is 295 g/mol. The van der Waals surface area contributed by atoms with E-state index in [1.165, 1.54) is 14.7 Å². The van der Waals surface area contributed by atoms with E-state index in [4.69, 9.17) is 0 Å². The first-order chi connectivity index (χ1) is 7.36. The molecule has 0 radical (unpaired) electrons. The van der Waals surface area contributed by atoms with Crippen molar-refractivity contribution in [1.82, 2.24) is 0 Å². The van der Waals surface area contributed by atoms with E-state index in [2.05, 4.69) is 83.3 Å². The summed E-state index contributed by atoms with van der Waals surface area (Å²) >= 11 is 2.35. The molecular formula is C14H11I. The smallest absolute Gasteiger partial charge is 0.0202 e. The minimum Gasteiger partial charge on any atom is -0.0622 e. The Bertz CT molecular complexity index is 458. The molecule has 2 aromatic rings. The van der Waals surface area contributed by atoms with Gasteiger partial charge in [0.25, 0.3) is 0 Å². The largest absolute Gasteiger partial charge is 0.0622 e. The zero-order valence-electron chi connectivity index (χ0n) is 8.23. The van der Waals surface area contributed by atoms with Crippen molar-refractivity contribution in [2.75, 3.05) is 0 Å². The average molecular weight is 306 g/mol. The van der Waals surface area contributed by atoms with Gasteiger partial charge in [0.1, 0.15) is 0 Å². The molecule has 0 spiro atoms. The lowest BCUT2D eigenvalue weighted by Crippen LogP contribution is -1.77. The zero-order chi connectivity index (χ0) is 10.5. The van der Waals surface area contributed by atoms with Crippen molar-refractivity contribution < 1.29 is 0 Å². The van der Waals surface area contributed by atoms with Gasteiger partial charge in [0.05, 0.1) is 0 Å². The Morgan fingerprint density at radius 2 is 1.40 bits per heavy atom. The van der Waals surface area contributed by atoms with Crippen LogP contribution in [0.15, 0.2) is 54.6 Å². The van der Waals surface area contributed by atoms with Crippen molar-refractivity contribution in [2.24, 2.45) is 0 Å². The monoisotopic (exact) mass is 306 g/mol. The summed E-state index contributed by atoms with van der Waals surface area (Å²) < 4.78 is 1.28. The lowest BCUT2D eigenvalue weighted by Gasteiger charge is -1.97. The van der Waals surface area contributed by atoms with E-state index in [9.17, 15) is 0 Å². The Hall–Kier alpha value is -1.09. The predicted molar refractivity (Wildman–Crippen MR) is 74.5 cm³/mol.